The van der Waals surface area contributed by atoms with Gasteiger partial charge in [0.05, 0.1) is 12.2 Å². The van der Waals surface area contributed by atoms with Gasteiger partial charge in [0.2, 0.25) is 11.1 Å². The lowest BCUT2D eigenvalue weighted by Crippen LogP contribution is -2.31. The van der Waals surface area contributed by atoms with Crippen LogP contribution in [-0.2, 0) is 10.5 Å². The van der Waals surface area contributed by atoms with Gasteiger partial charge in [-0.2, -0.15) is 4.98 Å². The van der Waals surface area contributed by atoms with Gasteiger partial charge in [-0.05, 0) is 43.5 Å². The number of benzene rings is 2. The largest absolute Gasteiger partial charge is 0.494 e. The fraction of sp³-hybridized carbons (Fsp3) is 0.280. The molecule has 0 unspecified atom stereocenters. The summed E-state index contributed by atoms with van der Waals surface area (Å²) < 4.78 is 7.68. The zero-order valence-corrected chi connectivity index (χ0v) is 19.5. The summed E-state index contributed by atoms with van der Waals surface area (Å²) in [6.07, 6.45) is 2.12. The topological polar surface area (TPSA) is 106 Å². The average Bonchev–Trinajstić information content (AvgIpc) is 3.25. The van der Waals surface area contributed by atoms with Crippen molar-refractivity contribution in [2.75, 3.05) is 11.9 Å². The number of nitrogens with one attached hydrogen (secondary N) is 1. The number of allylic oxidation sites excluding steroid dienone is 2. The molecule has 2 N–H and O–H groups in total. The first-order valence-corrected chi connectivity index (χ1v) is 12.2. The van der Waals surface area contributed by atoms with E-state index in [0.717, 1.165) is 41.0 Å². The maximum atomic E-state index is 13.0. The molecule has 34 heavy (non-hydrogen) atoms. The molecule has 0 saturated heterocycles. The number of hydrogen-bond donors (Lipinski definition) is 2. The summed E-state index contributed by atoms with van der Waals surface area (Å²) in [6.45, 7) is 2.46. The summed E-state index contributed by atoms with van der Waals surface area (Å²) >= 11 is 1.46. The highest BCUT2D eigenvalue weighted by Crippen LogP contribution is 2.43. The van der Waals surface area contributed by atoms with Crippen LogP contribution in [0, 0.1) is 0 Å². The van der Waals surface area contributed by atoms with E-state index in [-0.39, 0.29) is 11.3 Å². The molecule has 5 rings (SSSR count). The maximum absolute atomic E-state index is 13.0. The summed E-state index contributed by atoms with van der Waals surface area (Å²) in [7, 11) is 0. The SMILES string of the molecule is CCOc1ccccc1[C@@H]1C2=C(CCCC2=O)Nc2nc(SCc3ccc(C(=O)O)cc3)nn21. The molecule has 0 fully saturated rings. The minimum atomic E-state index is -0.946. The van der Waals surface area contributed by atoms with Crippen molar-refractivity contribution >= 4 is 29.5 Å². The molecule has 0 saturated carbocycles. The molecule has 9 heteroatoms. The molecule has 0 bridgehead atoms. The van der Waals surface area contributed by atoms with Crippen LogP contribution in [0.3, 0.4) is 0 Å². The summed E-state index contributed by atoms with van der Waals surface area (Å²) in [5.74, 6) is 1.11. The number of ether oxygens (including phenoxy) is 1. The highest BCUT2D eigenvalue weighted by Gasteiger charge is 2.38. The number of rotatable bonds is 7. The lowest BCUT2D eigenvalue weighted by Gasteiger charge is -2.32. The van der Waals surface area contributed by atoms with Crippen LogP contribution < -0.4 is 10.1 Å². The zero-order valence-electron chi connectivity index (χ0n) is 18.7. The van der Waals surface area contributed by atoms with Crippen LogP contribution in [-0.4, -0.2) is 38.2 Å². The lowest BCUT2D eigenvalue weighted by molar-refractivity contribution is -0.116. The number of Topliss-reactive ketones (excluding diaryl/α,β-unsaturated/α-hetero) is 1. The number of para-hydroxylation sites is 1. The Balaban J connectivity index is 1.48. The highest BCUT2D eigenvalue weighted by atomic mass is 32.2. The van der Waals surface area contributed by atoms with Gasteiger partial charge in [0.25, 0.3) is 0 Å². The second-order valence-electron chi connectivity index (χ2n) is 8.12. The highest BCUT2D eigenvalue weighted by molar-refractivity contribution is 7.98. The number of aromatic nitrogens is 3. The van der Waals surface area contributed by atoms with Crippen molar-refractivity contribution in [2.24, 2.45) is 0 Å². The second kappa shape index (κ2) is 9.34. The summed E-state index contributed by atoms with van der Waals surface area (Å²) in [6, 6.07) is 14.1. The van der Waals surface area contributed by atoms with Crippen LogP contribution in [0.5, 0.6) is 5.75 Å². The molecule has 1 aliphatic carbocycles. The number of carbonyl (C=O) groups excluding carboxylic acids is 1. The number of carboxylic acid groups (broad SMARTS) is 1. The lowest BCUT2D eigenvalue weighted by atomic mass is 9.85. The van der Waals surface area contributed by atoms with E-state index in [4.69, 9.17) is 19.9 Å². The summed E-state index contributed by atoms with van der Waals surface area (Å²) in [5.41, 5.74) is 3.76. The number of hydrogen-bond acceptors (Lipinski definition) is 7. The summed E-state index contributed by atoms with van der Waals surface area (Å²) in [5, 5.41) is 17.8. The molecule has 0 spiro atoms. The third kappa shape index (κ3) is 4.19. The molecule has 8 nitrogen and oxygen atoms in total. The number of carbonyl (C=O) groups is 2. The van der Waals surface area contributed by atoms with Crippen molar-refractivity contribution < 1.29 is 19.4 Å². The van der Waals surface area contributed by atoms with Crippen LogP contribution in [0.4, 0.5) is 5.95 Å². The predicted octanol–water partition coefficient (Wildman–Crippen LogP) is 4.69. The molecule has 1 aromatic heterocycles. The fourth-order valence-corrected chi connectivity index (χ4v) is 5.16. The van der Waals surface area contributed by atoms with Crippen LogP contribution in [0.25, 0.3) is 0 Å². The fourth-order valence-electron chi connectivity index (χ4n) is 4.37. The van der Waals surface area contributed by atoms with E-state index in [9.17, 15) is 9.59 Å². The maximum Gasteiger partial charge on any atom is 0.335 e. The molecule has 1 atom stereocenters. The molecule has 0 amide bonds. The Bertz CT molecular complexity index is 1280. The monoisotopic (exact) mass is 476 g/mol. The Morgan fingerprint density at radius 3 is 2.76 bits per heavy atom. The van der Waals surface area contributed by atoms with Crippen molar-refractivity contribution in [1.82, 2.24) is 14.8 Å². The van der Waals surface area contributed by atoms with Gasteiger partial charge < -0.3 is 15.2 Å². The van der Waals surface area contributed by atoms with Crippen molar-refractivity contribution in [3.63, 3.8) is 0 Å². The number of fused-ring (bicyclic) bond motifs is 1. The summed E-state index contributed by atoms with van der Waals surface area (Å²) in [4.78, 5) is 28.8. The number of carboxylic acids is 1. The van der Waals surface area contributed by atoms with E-state index in [0.29, 0.717) is 29.9 Å². The van der Waals surface area contributed by atoms with Gasteiger partial charge in [0.1, 0.15) is 11.8 Å². The van der Waals surface area contributed by atoms with Gasteiger partial charge in [-0.15, -0.1) is 5.10 Å². The van der Waals surface area contributed by atoms with Crippen molar-refractivity contribution in [3.8, 4) is 5.75 Å². The van der Waals surface area contributed by atoms with Gasteiger partial charge in [-0.25, -0.2) is 9.48 Å². The molecule has 2 aliphatic rings. The van der Waals surface area contributed by atoms with Gasteiger partial charge >= 0.3 is 5.97 Å². The third-order valence-electron chi connectivity index (χ3n) is 5.93. The molecule has 0 radical (unpaired) electrons. The Hall–Kier alpha value is -3.59. The van der Waals surface area contributed by atoms with E-state index in [1.807, 2.05) is 31.2 Å². The van der Waals surface area contributed by atoms with Gasteiger partial charge in [0.15, 0.2) is 5.78 Å². The molecular formula is C25H24N4O4S. The van der Waals surface area contributed by atoms with Gasteiger partial charge in [-0.1, -0.05) is 42.1 Å². The van der Waals surface area contributed by atoms with Gasteiger partial charge in [0, 0.05) is 29.0 Å². The molecule has 174 valence electrons. The van der Waals surface area contributed by atoms with E-state index in [1.165, 1.54) is 11.8 Å². The third-order valence-corrected chi connectivity index (χ3v) is 6.84. The number of nitrogens with zero attached hydrogens (tertiary/aromatic N) is 3. The van der Waals surface area contributed by atoms with E-state index >= 15 is 0 Å². The first-order valence-electron chi connectivity index (χ1n) is 11.2. The Morgan fingerprint density at radius 2 is 2.00 bits per heavy atom. The number of anilines is 1. The molecular weight excluding hydrogens is 452 g/mol. The molecule has 2 aromatic carbocycles. The first kappa shape index (κ1) is 22.2. The second-order valence-corrected chi connectivity index (χ2v) is 9.06. The quantitative estimate of drug-likeness (QED) is 0.473. The van der Waals surface area contributed by atoms with Crippen LogP contribution in [0.2, 0.25) is 0 Å². The average molecular weight is 477 g/mol. The molecule has 3 aromatic rings. The smallest absolute Gasteiger partial charge is 0.335 e. The van der Waals surface area contributed by atoms with E-state index in [2.05, 4.69) is 5.32 Å². The van der Waals surface area contributed by atoms with Crippen LogP contribution >= 0.6 is 11.8 Å². The van der Waals surface area contributed by atoms with E-state index in [1.54, 1.807) is 28.9 Å². The Morgan fingerprint density at radius 1 is 1.21 bits per heavy atom. The number of thioether (sulfide) groups is 1. The van der Waals surface area contributed by atoms with Gasteiger partial charge in [-0.3, -0.25) is 4.79 Å². The number of ketones is 1. The Kier molecular flexibility index (Phi) is 6.10. The zero-order chi connectivity index (χ0) is 23.7. The number of aromatic carboxylic acids is 1. The first-order chi connectivity index (χ1) is 16.5. The van der Waals surface area contributed by atoms with Crippen LogP contribution in [0.15, 0.2) is 65.0 Å². The standard InChI is InChI=1S/C25H24N4O4S/c1-2-33-20-9-4-3-6-17(20)22-21-18(7-5-8-19(21)30)26-24-27-25(28-29(22)24)34-14-15-10-12-16(13-11-15)23(31)32/h3-4,6,9-13,22H,2,5,7-8,14H2,1H3,(H,31,32)(H,26,27,28)/t22-/m1/s1. The normalized spacial score (nSPS) is 17.1. The molecule has 2 heterocycles. The molecule has 1 aliphatic heterocycles. The van der Waals surface area contributed by atoms with Crippen molar-refractivity contribution in [1.29, 1.82) is 0 Å². The van der Waals surface area contributed by atoms with E-state index < -0.39 is 12.0 Å². The Labute approximate surface area is 201 Å². The minimum absolute atomic E-state index is 0.124. The predicted molar refractivity (Wildman–Crippen MR) is 128 cm³/mol. The van der Waals surface area contributed by atoms with Crippen molar-refractivity contribution in [3.05, 3.63) is 76.5 Å². The van der Waals surface area contributed by atoms with Crippen molar-refractivity contribution in [2.45, 2.75) is 43.1 Å². The minimum Gasteiger partial charge on any atom is -0.494 e. The van der Waals surface area contributed by atoms with Crippen LogP contribution in [0.1, 0.15) is 53.7 Å².